The quantitative estimate of drug-likeness (QED) is 0.602. The SMILES string of the molecule is CCOC(=O)c1ccccc1NC(=O)C(=O)Nc1cc(C)c(Cl)cc1OC. The van der Waals surface area contributed by atoms with Crippen molar-refractivity contribution in [2.75, 3.05) is 24.4 Å². The van der Waals surface area contributed by atoms with Crippen molar-refractivity contribution in [3.8, 4) is 5.75 Å². The van der Waals surface area contributed by atoms with Gasteiger partial charge in [0.2, 0.25) is 0 Å². The number of amides is 2. The van der Waals surface area contributed by atoms with Crippen LogP contribution >= 0.6 is 11.6 Å². The van der Waals surface area contributed by atoms with E-state index >= 15 is 0 Å². The zero-order chi connectivity index (χ0) is 20.0. The summed E-state index contributed by atoms with van der Waals surface area (Å²) in [6.45, 7) is 3.62. The van der Waals surface area contributed by atoms with Gasteiger partial charge in [0, 0.05) is 11.1 Å². The van der Waals surface area contributed by atoms with Crippen molar-refractivity contribution in [3.05, 3.63) is 52.5 Å². The Labute approximate surface area is 161 Å². The molecule has 0 aliphatic carbocycles. The van der Waals surface area contributed by atoms with E-state index in [2.05, 4.69) is 10.6 Å². The van der Waals surface area contributed by atoms with Gasteiger partial charge in [0.15, 0.2) is 0 Å². The number of rotatable bonds is 5. The van der Waals surface area contributed by atoms with Gasteiger partial charge >= 0.3 is 17.8 Å². The molecule has 2 rings (SSSR count). The van der Waals surface area contributed by atoms with Gasteiger partial charge < -0.3 is 20.1 Å². The van der Waals surface area contributed by atoms with Crippen LogP contribution in [0, 0.1) is 6.92 Å². The van der Waals surface area contributed by atoms with Gasteiger partial charge in [0.05, 0.1) is 30.7 Å². The second-order valence-corrected chi connectivity index (χ2v) is 5.88. The predicted octanol–water partition coefficient (Wildman–Crippen LogP) is 3.41. The highest BCUT2D eigenvalue weighted by Gasteiger charge is 2.20. The molecule has 0 saturated heterocycles. The fraction of sp³-hybridized carbons (Fsp3) is 0.211. The maximum Gasteiger partial charge on any atom is 0.340 e. The van der Waals surface area contributed by atoms with Crippen molar-refractivity contribution < 1.29 is 23.9 Å². The highest BCUT2D eigenvalue weighted by molar-refractivity contribution is 6.44. The van der Waals surface area contributed by atoms with E-state index in [-0.39, 0.29) is 17.9 Å². The van der Waals surface area contributed by atoms with Crippen molar-refractivity contribution in [1.82, 2.24) is 0 Å². The largest absolute Gasteiger partial charge is 0.495 e. The molecule has 0 spiro atoms. The van der Waals surface area contributed by atoms with Crippen LogP contribution in [0.3, 0.4) is 0 Å². The van der Waals surface area contributed by atoms with Crippen LogP contribution in [0.15, 0.2) is 36.4 Å². The molecule has 0 aromatic heterocycles. The number of esters is 1. The number of benzene rings is 2. The van der Waals surface area contributed by atoms with Crippen LogP contribution in [0.1, 0.15) is 22.8 Å². The van der Waals surface area contributed by atoms with Gasteiger partial charge in [0.25, 0.3) is 0 Å². The molecule has 2 aromatic rings. The van der Waals surface area contributed by atoms with Crippen molar-refractivity contribution in [2.24, 2.45) is 0 Å². The molecule has 0 saturated carbocycles. The lowest BCUT2D eigenvalue weighted by Gasteiger charge is -2.13. The molecule has 8 heteroatoms. The minimum atomic E-state index is -0.943. The van der Waals surface area contributed by atoms with E-state index in [9.17, 15) is 14.4 Å². The Morgan fingerprint density at radius 2 is 1.67 bits per heavy atom. The number of carbonyl (C=O) groups excluding carboxylic acids is 3. The first-order chi connectivity index (χ1) is 12.9. The second-order valence-electron chi connectivity index (χ2n) is 5.48. The van der Waals surface area contributed by atoms with E-state index in [0.29, 0.717) is 22.0 Å². The smallest absolute Gasteiger partial charge is 0.340 e. The van der Waals surface area contributed by atoms with Crippen molar-refractivity contribution in [1.29, 1.82) is 0 Å². The number of aryl methyl sites for hydroxylation is 1. The number of anilines is 2. The summed E-state index contributed by atoms with van der Waals surface area (Å²) in [7, 11) is 1.42. The minimum absolute atomic E-state index is 0.153. The summed E-state index contributed by atoms with van der Waals surface area (Å²) in [5, 5.41) is 5.36. The van der Waals surface area contributed by atoms with Crippen LogP contribution in [-0.4, -0.2) is 31.5 Å². The molecule has 0 heterocycles. The Hall–Kier alpha value is -3.06. The summed E-state index contributed by atoms with van der Waals surface area (Å²) in [5.41, 5.74) is 1.34. The van der Waals surface area contributed by atoms with Gasteiger partial charge in [-0.05, 0) is 37.6 Å². The molecule has 2 N–H and O–H groups in total. The van der Waals surface area contributed by atoms with E-state index in [1.54, 1.807) is 38.1 Å². The maximum atomic E-state index is 12.3. The molecule has 2 amide bonds. The number of ether oxygens (including phenoxy) is 2. The summed E-state index contributed by atoms with van der Waals surface area (Å²) >= 11 is 6.03. The third-order valence-corrected chi connectivity index (χ3v) is 4.01. The Morgan fingerprint density at radius 3 is 2.30 bits per heavy atom. The summed E-state index contributed by atoms with van der Waals surface area (Å²) < 4.78 is 10.1. The molecule has 0 aliphatic heterocycles. The summed E-state index contributed by atoms with van der Waals surface area (Å²) in [5.74, 6) is -2.14. The summed E-state index contributed by atoms with van der Waals surface area (Å²) in [6.07, 6.45) is 0. The number of hydrogen-bond acceptors (Lipinski definition) is 5. The van der Waals surface area contributed by atoms with Crippen LogP contribution in [0.5, 0.6) is 5.75 Å². The second kappa shape index (κ2) is 9.05. The third-order valence-electron chi connectivity index (χ3n) is 3.61. The van der Waals surface area contributed by atoms with E-state index in [4.69, 9.17) is 21.1 Å². The fourth-order valence-electron chi connectivity index (χ4n) is 2.27. The normalized spacial score (nSPS) is 10.1. The van der Waals surface area contributed by atoms with Gasteiger partial charge in [-0.15, -0.1) is 0 Å². The van der Waals surface area contributed by atoms with Crippen molar-refractivity contribution in [2.45, 2.75) is 13.8 Å². The van der Waals surface area contributed by atoms with Crippen LogP contribution in [0.4, 0.5) is 11.4 Å². The zero-order valence-corrected chi connectivity index (χ0v) is 15.8. The van der Waals surface area contributed by atoms with E-state index in [1.165, 1.54) is 19.2 Å². The predicted molar refractivity (Wildman–Crippen MR) is 102 cm³/mol. The molecule has 7 nitrogen and oxygen atoms in total. The molecular weight excluding hydrogens is 372 g/mol. The Bertz CT molecular complexity index is 882. The van der Waals surface area contributed by atoms with Crippen LogP contribution < -0.4 is 15.4 Å². The monoisotopic (exact) mass is 390 g/mol. The highest BCUT2D eigenvalue weighted by atomic mass is 35.5. The fourth-order valence-corrected chi connectivity index (χ4v) is 2.42. The first-order valence-corrected chi connectivity index (χ1v) is 8.47. The lowest BCUT2D eigenvalue weighted by molar-refractivity contribution is -0.133. The Kier molecular flexibility index (Phi) is 6.79. The number of methoxy groups -OCH3 is 1. The number of carbonyl (C=O) groups is 3. The number of halogens is 1. The van der Waals surface area contributed by atoms with Gasteiger partial charge in [-0.1, -0.05) is 23.7 Å². The average Bonchev–Trinajstić information content (AvgIpc) is 2.65. The highest BCUT2D eigenvalue weighted by Crippen LogP contribution is 2.31. The first kappa shape index (κ1) is 20.3. The maximum absolute atomic E-state index is 12.3. The van der Waals surface area contributed by atoms with Gasteiger partial charge in [-0.3, -0.25) is 9.59 Å². The van der Waals surface area contributed by atoms with Crippen LogP contribution in [0.2, 0.25) is 5.02 Å². The Morgan fingerprint density at radius 1 is 1.04 bits per heavy atom. The van der Waals surface area contributed by atoms with Crippen LogP contribution in [0.25, 0.3) is 0 Å². The van der Waals surface area contributed by atoms with Crippen molar-refractivity contribution in [3.63, 3.8) is 0 Å². The van der Waals surface area contributed by atoms with Crippen molar-refractivity contribution >= 4 is 40.8 Å². The molecule has 0 unspecified atom stereocenters. The zero-order valence-electron chi connectivity index (χ0n) is 15.1. The third kappa shape index (κ3) is 4.98. The van der Waals surface area contributed by atoms with E-state index in [0.717, 1.165) is 0 Å². The summed E-state index contributed by atoms with van der Waals surface area (Å²) in [6, 6.07) is 9.39. The number of nitrogens with one attached hydrogen (secondary N) is 2. The molecule has 0 fully saturated rings. The minimum Gasteiger partial charge on any atom is -0.495 e. The lowest BCUT2D eigenvalue weighted by Crippen LogP contribution is -2.30. The molecule has 0 radical (unpaired) electrons. The van der Waals surface area contributed by atoms with Gasteiger partial charge in [-0.2, -0.15) is 0 Å². The molecule has 142 valence electrons. The topological polar surface area (TPSA) is 93.7 Å². The standard InChI is InChI=1S/C19H19ClN2O5/c1-4-27-19(25)12-7-5-6-8-14(12)21-17(23)18(24)22-15-9-11(2)13(20)10-16(15)26-3/h5-10H,4H2,1-3H3,(H,21,23)(H,22,24). The molecule has 0 atom stereocenters. The first-order valence-electron chi connectivity index (χ1n) is 8.10. The number of para-hydroxylation sites is 1. The lowest BCUT2D eigenvalue weighted by atomic mass is 10.1. The van der Waals surface area contributed by atoms with Gasteiger partial charge in [0.1, 0.15) is 5.75 Å². The van der Waals surface area contributed by atoms with Gasteiger partial charge in [-0.25, -0.2) is 4.79 Å². The van der Waals surface area contributed by atoms with E-state index in [1.807, 2.05) is 0 Å². The molecule has 0 aliphatic rings. The molecule has 2 aromatic carbocycles. The van der Waals surface area contributed by atoms with Crippen LogP contribution in [-0.2, 0) is 14.3 Å². The number of hydrogen-bond donors (Lipinski definition) is 2. The Balaban J connectivity index is 2.17. The molecular formula is C19H19ClN2O5. The average molecular weight is 391 g/mol. The molecule has 0 bridgehead atoms. The molecule has 27 heavy (non-hydrogen) atoms. The summed E-state index contributed by atoms with van der Waals surface area (Å²) in [4.78, 5) is 36.5. The van der Waals surface area contributed by atoms with E-state index < -0.39 is 17.8 Å².